The lowest BCUT2D eigenvalue weighted by atomic mass is 9.70. The molecule has 2 aliphatic rings. The predicted molar refractivity (Wildman–Crippen MR) is 88.2 cm³/mol. The highest BCUT2D eigenvalue weighted by Crippen LogP contribution is 2.47. The first-order valence-electron chi connectivity index (χ1n) is 8.06. The molecule has 5 nitrogen and oxygen atoms in total. The summed E-state index contributed by atoms with van der Waals surface area (Å²) < 4.78 is 11.8. The molecule has 1 heterocycles. The molecule has 3 rings (SSSR count). The molecular formula is C17H25N3O2. The molecule has 1 aliphatic heterocycles. The van der Waals surface area contributed by atoms with Crippen molar-refractivity contribution < 1.29 is 9.47 Å². The van der Waals surface area contributed by atoms with E-state index in [-0.39, 0.29) is 17.7 Å². The van der Waals surface area contributed by atoms with Crippen LogP contribution >= 0.6 is 0 Å². The number of hydrogen-bond acceptors (Lipinski definition) is 3. The van der Waals surface area contributed by atoms with Gasteiger partial charge in [-0.25, -0.2) is 4.99 Å². The van der Waals surface area contributed by atoms with Crippen molar-refractivity contribution in [2.45, 2.75) is 50.9 Å². The molecule has 3 N–H and O–H groups in total. The lowest BCUT2D eigenvalue weighted by molar-refractivity contribution is -0.188. The highest BCUT2D eigenvalue weighted by molar-refractivity contribution is 5.92. The van der Waals surface area contributed by atoms with Gasteiger partial charge in [0.2, 0.25) is 0 Å². The third kappa shape index (κ3) is 2.83. The van der Waals surface area contributed by atoms with Crippen molar-refractivity contribution in [3.05, 3.63) is 29.8 Å². The van der Waals surface area contributed by atoms with E-state index in [1.54, 1.807) is 0 Å². The molecule has 120 valence electrons. The maximum atomic E-state index is 6.08. The lowest BCUT2D eigenvalue weighted by Gasteiger charge is -2.50. The minimum Gasteiger partial charge on any atom is -0.375 e. The molecule has 0 aromatic heterocycles. The molecule has 3 unspecified atom stereocenters. The fraction of sp³-hybridized carbons (Fsp3) is 0.588. The van der Waals surface area contributed by atoms with Crippen LogP contribution in [0.3, 0.4) is 0 Å². The summed E-state index contributed by atoms with van der Waals surface area (Å²) in [6, 6.07) is 8.18. The van der Waals surface area contributed by atoms with E-state index in [4.69, 9.17) is 15.2 Å². The van der Waals surface area contributed by atoms with E-state index in [1.807, 2.05) is 25.1 Å². The number of nitrogens with two attached hydrogens (primary N) is 1. The van der Waals surface area contributed by atoms with Crippen molar-refractivity contribution in [2.75, 3.05) is 18.5 Å². The van der Waals surface area contributed by atoms with Crippen LogP contribution in [0, 0.1) is 6.92 Å². The third-order valence-corrected chi connectivity index (χ3v) is 4.58. The summed E-state index contributed by atoms with van der Waals surface area (Å²) in [4.78, 5) is 4.65. The van der Waals surface area contributed by atoms with Crippen molar-refractivity contribution in [3.63, 3.8) is 0 Å². The van der Waals surface area contributed by atoms with Crippen LogP contribution in [-0.2, 0) is 9.47 Å². The quantitative estimate of drug-likeness (QED) is 0.662. The second-order valence-corrected chi connectivity index (χ2v) is 6.11. The lowest BCUT2D eigenvalue weighted by Crippen LogP contribution is -2.63. The smallest absolute Gasteiger partial charge is 0.193 e. The van der Waals surface area contributed by atoms with E-state index in [0.29, 0.717) is 12.6 Å². The zero-order chi connectivity index (χ0) is 15.6. The van der Waals surface area contributed by atoms with E-state index < -0.39 is 0 Å². The van der Waals surface area contributed by atoms with E-state index in [2.05, 4.69) is 23.3 Å². The molecule has 1 aromatic carbocycles. The van der Waals surface area contributed by atoms with Crippen molar-refractivity contribution in [2.24, 2.45) is 10.7 Å². The van der Waals surface area contributed by atoms with Crippen molar-refractivity contribution in [1.82, 2.24) is 0 Å². The summed E-state index contributed by atoms with van der Waals surface area (Å²) in [5, 5.41) is 3.17. The van der Waals surface area contributed by atoms with Crippen LogP contribution in [-0.4, -0.2) is 36.9 Å². The first-order chi connectivity index (χ1) is 10.6. The number of hydrogen-bond donors (Lipinski definition) is 2. The minimum atomic E-state index is -0.255. The summed E-state index contributed by atoms with van der Waals surface area (Å²) in [5.41, 5.74) is 7.97. The molecule has 3 atom stereocenters. The molecule has 0 radical (unpaired) electrons. The molecule has 0 amide bonds. The SMILES string of the molecule is CCOC1CC(N=C(N)Nc2cccc(C)c2)C12CCCO2. The second kappa shape index (κ2) is 6.26. The molecule has 0 bridgehead atoms. The topological polar surface area (TPSA) is 68.9 Å². The molecule has 1 saturated heterocycles. The van der Waals surface area contributed by atoms with Crippen LogP contribution in [0.2, 0.25) is 0 Å². The minimum absolute atomic E-state index is 0.0869. The van der Waals surface area contributed by atoms with Gasteiger partial charge in [-0.3, -0.25) is 0 Å². The molecule has 1 spiro atoms. The van der Waals surface area contributed by atoms with Gasteiger partial charge in [-0.15, -0.1) is 0 Å². The molecule has 1 aromatic rings. The van der Waals surface area contributed by atoms with Gasteiger partial charge in [0.05, 0.1) is 12.1 Å². The van der Waals surface area contributed by atoms with Crippen LogP contribution in [0.1, 0.15) is 31.7 Å². The number of nitrogens with zero attached hydrogens (tertiary/aromatic N) is 1. The molecule has 2 fully saturated rings. The Morgan fingerprint density at radius 1 is 1.55 bits per heavy atom. The second-order valence-electron chi connectivity index (χ2n) is 6.11. The molecule has 5 heteroatoms. The van der Waals surface area contributed by atoms with Crippen LogP contribution in [0.15, 0.2) is 29.3 Å². The van der Waals surface area contributed by atoms with Crippen molar-refractivity contribution in [1.29, 1.82) is 0 Å². The molecule has 1 saturated carbocycles. The van der Waals surface area contributed by atoms with Crippen molar-refractivity contribution in [3.8, 4) is 0 Å². The Bertz CT molecular complexity index is 553. The molecular weight excluding hydrogens is 278 g/mol. The molecule has 22 heavy (non-hydrogen) atoms. The van der Waals surface area contributed by atoms with E-state index in [1.165, 1.54) is 5.56 Å². The molecule has 1 aliphatic carbocycles. The Labute approximate surface area is 131 Å². The van der Waals surface area contributed by atoms with Crippen LogP contribution in [0.5, 0.6) is 0 Å². The first kappa shape index (κ1) is 15.3. The summed E-state index contributed by atoms with van der Waals surface area (Å²) in [6.45, 7) is 5.58. The number of benzene rings is 1. The first-order valence-corrected chi connectivity index (χ1v) is 8.06. The number of anilines is 1. The van der Waals surface area contributed by atoms with Gasteiger partial charge in [0.15, 0.2) is 5.96 Å². The van der Waals surface area contributed by atoms with E-state index in [0.717, 1.165) is 31.6 Å². The zero-order valence-corrected chi connectivity index (χ0v) is 13.3. The zero-order valence-electron chi connectivity index (χ0n) is 13.3. The number of nitrogens with one attached hydrogen (secondary N) is 1. The standard InChI is InChI=1S/C17H25N3O2/c1-3-21-15-11-14(17(15)8-5-9-22-17)20-16(18)19-13-7-4-6-12(2)10-13/h4,6-7,10,14-15H,3,5,8-9,11H2,1-2H3,(H3,18,19,20). The fourth-order valence-corrected chi connectivity index (χ4v) is 3.50. The maximum absolute atomic E-state index is 6.08. The summed E-state index contributed by atoms with van der Waals surface area (Å²) in [7, 11) is 0. The maximum Gasteiger partial charge on any atom is 0.193 e. The highest BCUT2D eigenvalue weighted by Gasteiger charge is 2.59. The predicted octanol–water partition coefficient (Wildman–Crippen LogP) is 2.45. The third-order valence-electron chi connectivity index (χ3n) is 4.58. The largest absolute Gasteiger partial charge is 0.375 e. The average molecular weight is 303 g/mol. The summed E-state index contributed by atoms with van der Waals surface area (Å²) >= 11 is 0. The number of aryl methyl sites for hydroxylation is 1. The fourth-order valence-electron chi connectivity index (χ4n) is 3.50. The summed E-state index contributed by atoms with van der Waals surface area (Å²) in [6.07, 6.45) is 3.11. The van der Waals surface area contributed by atoms with Crippen LogP contribution in [0.25, 0.3) is 0 Å². The van der Waals surface area contributed by atoms with Crippen LogP contribution < -0.4 is 11.1 Å². The van der Waals surface area contributed by atoms with Gasteiger partial charge in [-0.1, -0.05) is 12.1 Å². The van der Waals surface area contributed by atoms with Gasteiger partial charge >= 0.3 is 0 Å². The Hall–Kier alpha value is -1.59. The Balaban J connectivity index is 1.69. The average Bonchev–Trinajstić information content (AvgIpc) is 2.99. The van der Waals surface area contributed by atoms with Gasteiger partial charge in [0.1, 0.15) is 5.60 Å². The Morgan fingerprint density at radius 2 is 2.41 bits per heavy atom. The van der Waals surface area contributed by atoms with E-state index >= 15 is 0 Å². The van der Waals surface area contributed by atoms with E-state index in [9.17, 15) is 0 Å². The normalized spacial score (nSPS) is 31.3. The number of rotatable bonds is 4. The number of ether oxygens (including phenoxy) is 2. The van der Waals surface area contributed by atoms with Crippen LogP contribution in [0.4, 0.5) is 5.69 Å². The van der Waals surface area contributed by atoms with Gasteiger partial charge in [-0.2, -0.15) is 0 Å². The van der Waals surface area contributed by atoms with Gasteiger partial charge in [0, 0.05) is 25.3 Å². The number of aliphatic imine (C=N–C) groups is 1. The van der Waals surface area contributed by atoms with Gasteiger partial charge < -0.3 is 20.5 Å². The van der Waals surface area contributed by atoms with Gasteiger partial charge in [-0.05, 0) is 44.4 Å². The number of guanidine groups is 1. The Kier molecular flexibility index (Phi) is 4.36. The monoisotopic (exact) mass is 303 g/mol. The summed E-state index contributed by atoms with van der Waals surface area (Å²) in [5.74, 6) is 0.445. The van der Waals surface area contributed by atoms with Crippen molar-refractivity contribution >= 4 is 11.6 Å². The Morgan fingerprint density at radius 3 is 3.09 bits per heavy atom. The van der Waals surface area contributed by atoms with Gasteiger partial charge in [0.25, 0.3) is 0 Å². The highest BCUT2D eigenvalue weighted by atomic mass is 16.6.